The molecule has 1 aliphatic rings. The zero-order valence-electron chi connectivity index (χ0n) is 18.5. The maximum absolute atomic E-state index is 12.8. The third kappa shape index (κ3) is 4.93. The lowest BCUT2D eigenvalue weighted by molar-refractivity contribution is -0.116. The fourth-order valence-electron chi connectivity index (χ4n) is 4.00. The highest BCUT2D eigenvalue weighted by Crippen LogP contribution is 2.30. The first-order valence-corrected chi connectivity index (χ1v) is 11.8. The highest BCUT2D eigenvalue weighted by Gasteiger charge is 2.15. The minimum Gasteiger partial charge on any atom is -0.493 e. The zero-order chi connectivity index (χ0) is 22.5. The number of methoxy groups -OCH3 is 2. The molecule has 1 aromatic carbocycles. The molecule has 0 aliphatic heterocycles. The minimum atomic E-state index is -0.170. The largest absolute Gasteiger partial charge is 0.493 e. The molecule has 0 radical (unpaired) electrons. The van der Waals surface area contributed by atoms with E-state index in [4.69, 9.17) is 9.47 Å². The molecule has 0 spiro atoms. The first kappa shape index (κ1) is 22.3. The number of amides is 1. The average molecular weight is 457 g/mol. The van der Waals surface area contributed by atoms with Crippen molar-refractivity contribution in [3.8, 4) is 11.5 Å². The van der Waals surface area contributed by atoms with Gasteiger partial charge in [0.2, 0.25) is 5.91 Å². The topological polar surface area (TPSA) is 95.3 Å². The summed E-state index contributed by atoms with van der Waals surface area (Å²) in [4.78, 5) is 35.6. The smallest absolute Gasteiger partial charge is 0.261 e. The van der Waals surface area contributed by atoms with Crippen LogP contribution in [0.25, 0.3) is 10.9 Å². The third-order valence-electron chi connectivity index (χ3n) is 5.72. The number of ether oxygens (including phenoxy) is 2. The summed E-state index contributed by atoms with van der Waals surface area (Å²) >= 11 is 1.60. The molecule has 1 aliphatic carbocycles. The maximum atomic E-state index is 12.8. The van der Waals surface area contributed by atoms with Gasteiger partial charge in [-0.25, -0.2) is 9.97 Å². The number of hydrogen-bond donors (Lipinski definition) is 1. The molecule has 0 atom stereocenters. The van der Waals surface area contributed by atoms with Crippen LogP contribution in [0.1, 0.15) is 49.1 Å². The van der Waals surface area contributed by atoms with Gasteiger partial charge in [-0.2, -0.15) is 0 Å². The summed E-state index contributed by atoms with van der Waals surface area (Å²) in [5.74, 6) is 0.921. The Balaban J connectivity index is 1.38. The fraction of sp³-hybridized carbons (Fsp3) is 0.478. The summed E-state index contributed by atoms with van der Waals surface area (Å²) in [5.41, 5.74) is 1.52. The van der Waals surface area contributed by atoms with Gasteiger partial charge in [-0.1, -0.05) is 12.8 Å². The van der Waals surface area contributed by atoms with E-state index in [1.165, 1.54) is 42.1 Å². The molecule has 0 fully saturated rings. The van der Waals surface area contributed by atoms with Crippen LogP contribution in [0.5, 0.6) is 11.5 Å². The summed E-state index contributed by atoms with van der Waals surface area (Å²) in [7, 11) is 3.07. The number of thiazole rings is 1. The van der Waals surface area contributed by atoms with Gasteiger partial charge >= 0.3 is 0 Å². The van der Waals surface area contributed by atoms with Crippen LogP contribution >= 0.6 is 11.3 Å². The molecule has 170 valence electrons. The number of aryl methyl sites for hydroxylation is 3. The lowest BCUT2D eigenvalue weighted by Crippen LogP contribution is -2.22. The Morgan fingerprint density at radius 1 is 1.12 bits per heavy atom. The monoisotopic (exact) mass is 456 g/mol. The van der Waals surface area contributed by atoms with Crippen LogP contribution in [0.3, 0.4) is 0 Å². The van der Waals surface area contributed by atoms with E-state index in [2.05, 4.69) is 15.3 Å². The van der Waals surface area contributed by atoms with Crippen molar-refractivity contribution in [1.82, 2.24) is 14.5 Å². The van der Waals surface area contributed by atoms with E-state index in [9.17, 15) is 9.59 Å². The Morgan fingerprint density at radius 3 is 2.66 bits per heavy atom. The van der Waals surface area contributed by atoms with Crippen LogP contribution in [0.15, 0.2) is 23.3 Å². The van der Waals surface area contributed by atoms with Crippen molar-refractivity contribution >= 4 is 33.3 Å². The molecule has 8 nitrogen and oxygen atoms in total. The molecule has 3 aromatic rings. The Bertz CT molecular complexity index is 1150. The molecular weight excluding hydrogens is 428 g/mol. The van der Waals surface area contributed by atoms with Crippen LogP contribution < -0.4 is 20.3 Å². The molecule has 9 heteroatoms. The predicted molar refractivity (Wildman–Crippen MR) is 125 cm³/mol. The molecule has 0 bridgehead atoms. The second-order valence-corrected chi connectivity index (χ2v) is 9.01. The van der Waals surface area contributed by atoms with Crippen molar-refractivity contribution in [1.29, 1.82) is 0 Å². The van der Waals surface area contributed by atoms with Gasteiger partial charge in [-0.05, 0) is 38.2 Å². The van der Waals surface area contributed by atoms with Crippen molar-refractivity contribution in [2.45, 2.75) is 57.9 Å². The summed E-state index contributed by atoms with van der Waals surface area (Å²) in [5, 5.41) is 4.07. The number of fused-ring (bicyclic) bond motifs is 2. The van der Waals surface area contributed by atoms with E-state index in [0.29, 0.717) is 46.9 Å². The van der Waals surface area contributed by atoms with Gasteiger partial charge in [0, 0.05) is 23.9 Å². The lowest BCUT2D eigenvalue weighted by Gasteiger charge is -2.10. The number of aromatic nitrogens is 3. The summed E-state index contributed by atoms with van der Waals surface area (Å²) in [6.45, 7) is 0.401. The normalized spacial score (nSPS) is 13.8. The van der Waals surface area contributed by atoms with Gasteiger partial charge in [-0.3, -0.25) is 14.2 Å². The Labute approximate surface area is 190 Å². The number of hydrogen-bond acceptors (Lipinski definition) is 7. The standard InChI is InChI=1S/C23H28N4O4S/c1-30-18-12-15-17(13-19(18)31-2)24-14-27(22(15)29)11-7-10-21(28)26-23-25-16-8-5-3-4-6-9-20(16)32-23/h12-14H,3-11H2,1-2H3,(H,25,26,28). The summed E-state index contributed by atoms with van der Waals surface area (Å²) in [6.07, 6.45) is 9.26. The molecule has 1 amide bonds. The third-order valence-corrected chi connectivity index (χ3v) is 6.80. The van der Waals surface area contributed by atoms with E-state index in [1.807, 2.05) is 0 Å². The maximum Gasteiger partial charge on any atom is 0.261 e. The van der Waals surface area contributed by atoms with E-state index < -0.39 is 0 Å². The number of nitrogens with one attached hydrogen (secondary N) is 1. The number of carbonyl (C=O) groups is 1. The van der Waals surface area contributed by atoms with Crippen LogP contribution in [-0.2, 0) is 24.2 Å². The van der Waals surface area contributed by atoms with Crippen LogP contribution in [-0.4, -0.2) is 34.7 Å². The SMILES string of the molecule is COc1cc2ncn(CCCC(=O)Nc3nc4c(s3)CCCCCC4)c(=O)c2cc1OC. The number of rotatable bonds is 7. The molecular formula is C23H28N4O4S. The quantitative estimate of drug-likeness (QED) is 0.578. The molecule has 1 N–H and O–H groups in total. The number of anilines is 1. The highest BCUT2D eigenvalue weighted by atomic mass is 32.1. The minimum absolute atomic E-state index is 0.0834. The van der Waals surface area contributed by atoms with Crippen molar-refractivity contribution in [3.63, 3.8) is 0 Å². The Morgan fingerprint density at radius 2 is 1.88 bits per heavy atom. The van der Waals surface area contributed by atoms with Gasteiger partial charge in [-0.15, -0.1) is 11.3 Å². The number of nitrogens with zero attached hydrogens (tertiary/aromatic N) is 3. The molecule has 0 unspecified atom stereocenters. The molecule has 2 heterocycles. The van der Waals surface area contributed by atoms with Crippen molar-refractivity contribution < 1.29 is 14.3 Å². The molecule has 4 rings (SSSR count). The van der Waals surface area contributed by atoms with Crippen LogP contribution in [0, 0.1) is 0 Å². The Kier molecular flexibility index (Phi) is 7.04. The highest BCUT2D eigenvalue weighted by molar-refractivity contribution is 7.15. The molecule has 2 aromatic heterocycles. The molecule has 0 saturated heterocycles. The summed E-state index contributed by atoms with van der Waals surface area (Å²) in [6, 6.07) is 3.33. The molecule has 32 heavy (non-hydrogen) atoms. The Hall–Kier alpha value is -2.94. The first-order chi connectivity index (χ1) is 15.6. The summed E-state index contributed by atoms with van der Waals surface area (Å²) < 4.78 is 12.1. The van der Waals surface area contributed by atoms with Crippen LogP contribution in [0.2, 0.25) is 0 Å². The van der Waals surface area contributed by atoms with E-state index in [0.717, 1.165) is 25.0 Å². The van der Waals surface area contributed by atoms with Gasteiger partial charge in [0.25, 0.3) is 5.56 Å². The first-order valence-electron chi connectivity index (χ1n) is 11.0. The van der Waals surface area contributed by atoms with Gasteiger partial charge in [0.1, 0.15) is 0 Å². The van der Waals surface area contributed by atoms with E-state index >= 15 is 0 Å². The van der Waals surface area contributed by atoms with Gasteiger partial charge < -0.3 is 14.8 Å². The van der Waals surface area contributed by atoms with E-state index in [-0.39, 0.29) is 11.5 Å². The lowest BCUT2D eigenvalue weighted by atomic mass is 10.0. The number of carbonyl (C=O) groups excluding carboxylic acids is 1. The van der Waals surface area contributed by atoms with Gasteiger partial charge in [0.05, 0.1) is 37.1 Å². The van der Waals surface area contributed by atoms with Crippen molar-refractivity contribution in [2.75, 3.05) is 19.5 Å². The van der Waals surface area contributed by atoms with Crippen molar-refractivity contribution in [3.05, 3.63) is 39.4 Å². The fourth-order valence-corrected chi connectivity index (χ4v) is 5.06. The number of benzene rings is 1. The van der Waals surface area contributed by atoms with Gasteiger partial charge in [0.15, 0.2) is 16.6 Å². The van der Waals surface area contributed by atoms with E-state index in [1.54, 1.807) is 30.6 Å². The predicted octanol–water partition coefficient (Wildman–Crippen LogP) is 3.95. The second-order valence-electron chi connectivity index (χ2n) is 7.92. The zero-order valence-corrected chi connectivity index (χ0v) is 19.3. The van der Waals surface area contributed by atoms with Crippen LogP contribution in [0.4, 0.5) is 5.13 Å². The molecule has 0 saturated carbocycles. The van der Waals surface area contributed by atoms with Crippen molar-refractivity contribution in [2.24, 2.45) is 0 Å². The average Bonchev–Trinajstić information content (AvgIpc) is 3.14. The second kappa shape index (κ2) is 10.1.